The molecule has 0 bridgehead atoms. The van der Waals surface area contributed by atoms with Crippen LogP contribution in [0, 0.1) is 6.92 Å². The summed E-state index contributed by atoms with van der Waals surface area (Å²) in [6.07, 6.45) is 0. The Hall–Kier alpha value is -1.87. The predicted octanol–water partition coefficient (Wildman–Crippen LogP) is 4.92. The van der Waals surface area contributed by atoms with Gasteiger partial charge in [0.05, 0.1) is 17.8 Å². The molecule has 0 atom stereocenters. The molecule has 3 aromatic rings. The lowest BCUT2D eigenvalue weighted by Crippen LogP contribution is -2.02. The van der Waals surface area contributed by atoms with Crippen molar-refractivity contribution < 1.29 is 0 Å². The molecule has 0 aliphatic rings. The Morgan fingerprint density at radius 2 is 1.90 bits per heavy atom. The number of rotatable bonds is 3. The molecule has 3 rings (SSSR count). The number of halogens is 1. The maximum atomic E-state index is 4.66. The van der Waals surface area contributed by atoms with E-state index in [1.807, 2.05) is 18.2 Å². The SMILES string of the molecule is Cc1ccc(NCc2ccc3ccccc3n2)c(Br)c1. The summed E-state index contributed by atoms with van der Waals surface area (Å²) in [5, 5.41) is 4.59. The molecule has 0 amide bonds. The molecule has 2 nitrogen and oxygen atoms in total. The third kappa shape index (κ3) is 2.83. The van der Waals surface area contributed by atoms with Gasteiger partial charge in [-0.3, -0.25) is 4.98 Å². The maximum absolute atomic E-state index is 4.66. The second-order valence-corrected chi connectivity index (χ2v) is 5.69. The first-order valence-corrected chi connectivity index (χ1v) is 7.36. The number of nitrogens with zero attached hydrogens (tertiary/aromatic N) is 1. The fraction of sp³-hybridized carbons (Fsp3) is 0.118. The molecule has 1 heterocycles. The number of hydrogen-bond donors (Lipinski definition) is 1. The molecule has 0 unspecified atom stereocenters. The number of aryl methyl sites for hydroxylation is 1. The largest absolute Gasteiger partial charge is 0.378 e. The predicted molar refractivity (Wildman–Crippen MR) is 87.9 cm³/mol. The molecule has 2 aromatic carbocycles. The summed E-state index contributed by atoms with van der Waals surface area (Å²) < 4.78 is 1.08. The van der Waals surface area contributed by atoms with Gasteiger partial charge in [-0.05, 0) is 52.7 Å². The van der Waals surface area contributed by atoms with Crippen molar-refractivity contribution in [2.24, 2.45) is 0 Å². The van der Waals surface area contributed by atoms with Crippen LogP contribution in [-0.2, 0) is 6.54 Å². The maximum Gasteiger partial charge on any atom is 0.0706 e. The summed E-state index contributed by atoms with van der Waals surface area (Å²) in [6, 6.07) is 18.6. The average Bonchev–Trinajstić information content (AvgIpc) is 2.46. The van der Waals surface area contributed by atoms with Gasteiger partial charge in [-0.25, -0.2) is 0 Å². The molecule has 0 saturated heterocycles. The van der Waals surface area contributed by atoms with Gasteiger partial charge >= 0.3 is 0 Å². The van der Waals surface area contributed by atoms with Gasteiger partial charge in [-0.1, -0.05) is 30.3 Å². The Labute approximate surface area is 127 Å². The zero-order chi connectivity index (χ0) is 13.9. The second kappa shape index (κ2) is 5.63. The number of para-hydroxylation sites is 1. The van der Waals surface area contributed by atoms with Crippen LogP contribution in [-0.4, -0.2) is 4.98 Å². The number of fused-ring (bicyclic) bond motifs is 1. The highest BCUT2D eigenvalue weighted by Gasteiger charge is 2.01. The summed E-state index contributed by atoms with van der Waals surface area (Å²) >= 11 is 3.58. The van der Waals surface area contributed by atoms with Crippen molar-refractivity contribution >= 4 is 32.5 Å². The molecule has 1 N–H and O–H groups in total. The monoisotopic (exact) mass is 326 g/mol. The van der Waals surface area contributed by atoms with Crippen molar-refractivity contribution in [3.8, 4) is 0 Å². The molecular weight excluding hydrogens is 312 g/mol. The summed E-state index contributed by atoms with van der Waals surface area (Å²) in [4.78, 5) is 4.66. The van der Waals surface area contributed by atoms with Crippen LogP contribution in [0.5, 0.6) is 0 Å². The summed E-state index contributed by atoms with van der Waals surface area (Å²) in [7, 11) is 0. The van der Waals surface area contributed by atoms with Gasteiger partial charge in [0, 0.05) is 15.5 Å². The smallest absolute Gasteiger partial charge is 0.0706 e. The van der Waals surface area contributed by atoms with E-state index < -0.39 is 0 Å². The van der Waals surface area contributed by atoms with Gasteiger partial charge in [-0.15, -0.1) is 0 Å². The minimum absolute atomic E-state index is 0.715. The summed E-state index contributed by atoms with van der Waals surface area (Å²) in [6.45, 7) is 2.80. The molecule has 20 heavy (non-hydrogen) atoms. The molecule has 100 valence electrons. The standard InChI is InChI=1S/C17H15BrN2/c1-12-6-9-17(15(18)10-12)19-11-14-8-7-13-4-2-3-5-16(13)20-14/h2-10,19H,11H2,1H3. The van der Waals surface area contributed by atoms with Crippen LogP contribution in [0.25, 0.3) is 10.9 Å². The molecule has 0 aliphatic heterocycles. The van der Waals surface area contributed by atoms with Crippen molar-refractivity contribution in [1.82, 2.24) is 4.98 Å². The number of hydrogen-bond acceptors (Lipinski definition) is 2. The Kier molecular flexibility index (Phi) is 3.70. The quantitative estimate of drug-likeness (QED) is 0.739. The highest BCUT2D eigenvalue weighted by molar-refractivity contribution is 9.10. The van der Waals surface area contributed by atoms with E-state index in [1.54, 1.807) is 0 Å². The molecule has 0 saturated carbocycles. The fourth-order valence-electron chi connectivity index (χ4n) is 2.16. The third-order valence-electron chi connectivity index (χ3n) is 3.24. The van der Waals surface area contributed by atoms with Crippen LogP contribution in [0.4, 0.5) is 5.69 Å². The van der Waals surface area contributed by atoms with E-state index in [2.05, 4.69) is 69.6 Å². The second-order valence-electron chi connectivity index (χ2n) is 4.83. The molecule has 0 spiro atoms. The van der Waals surface area contributed by atoms with Gasteiger partial charge in [0.15, 0.2) is 0 Å². The third-order valence-corrected chi connectivity index (χ3v) is 3.90. The first kappa shape index (κ1) is 13.1. The average molecular weight is 327 g/mol. The Balaban J connectivity index is 1.79. The first-order valence-electron chi connectivity index (χ1n) is 6.57. The first-order chi connectivity index (χ1) is 9.72. The number of nitrogens with one attached hydrogen (secondary N) is 1. The van der Waals surface area contributed by atoms with Gasteiger partial charge in [0.1, 0.15) is 0 Å². The Bertz CT molecular complexity index is 753. The van der Waals surface area contributed by atoms with Crippen molar-refractivity contribution in [3.05, 3.63) is 70.3 Å². The zero-order valence-corrected chi connectivity index (χ0v) is 12.8. The molecule has 0 fully saturated rings. The Morgan fingerprint density at radius 1 is 1.05 bits per heavy atom. The number of anilines is 1. The van der Waals surface area contributed by atoms with E-state index in [4.69, 9.17) is 0 Å². The van der Waals surface area contributed by atoms with Gasteiger partial charge < -0.3 is 5.32 Å². The Morgan fingerprint density at radius 3 is 2.75 bits per heavy atom. The molecule has 3 heteroatoms. The fourth-order valence-corrected chi connectivity index (χ4v) is 2.79. The van der Waals surface area contributed by atoms with Crippen LogP contribution in [0.2, 0.25) is 0 Å². The van der Waals surface area contributed by atoms with E-state index >= 15 is 0 Å². The normalized spacial score (nSPS) is 10.7. The number of aromatic nitrogens is 1. The van der Waals surface area contributed by atoms with E-state index in [0.29, 0.717) is 6.54 Å². The lowest BCUT2D eigenvalue weighted by atomic mass is 10.2. The van der Waals surface area contributed by atoms with Gasteiger partial charge in [-0.2, -0.15) is 0 Å². The zero-order valence-electron chi connectivity index (χ0n) is 11.2. The van der Waals surface area contributed by atoms with Crippen LogP contribution in [0.3, 0.4) is 0 Å². The number of pyridine rings is 1. The van der Waals surface area contributed by atoms with Crippen LogP contribution in [0.15, 0.2) is 59.1 Å². The number of benzene rings is 2. The van der Waals surface area contributed by atoms with Crippen molar-refractivity contribution in [2.45, 2.75) is 13.5 Å². The van der Waals surface area contributed by atoms with E-state index in [1.165, 1.54) is 10.9 Å². The van der Waals surface area contributed by atoms with Crippen LogP contribution < -0.4 is 5.32 Å². The highest BCUT2D eigenvalue weighted by Crippen LogP contribution is 2.24. The van der Waals surface area contributed by atoms with E-state index in [-0.39, 0.29) is 0 Å². The summed E-state index contributed by atoms with van der Waals surface area (Å²) in [5.41, 5.74) is 4.41. The minimum atomic E-state index is 0.715. The molecular formula is C17H15BrN2. The van der Waals surface area contributed by atoms with Crippen molar-refractivity contribution in [2.75, 3.05) is 5.32 Å². The summed E-state index contributed by atoms with van der Waals surface area (Å²) in [5.74, 6) is 0. The van der Waals surface area contributed by atoms with E-state index in [9.17, 15) is 0 Å². The minimum Gasteiger partial charge on any atom is -0.378 e. The van der Waals surface area contributed by atoms with Gasteiger partial charge in [0.25, 0.3) is 0 Å². The lowest BCUT2D eigenvalue weighted by molar-refractivity contribution is 1.06. The van der Waals surface area contributed by atoms with E-state index in [0.717, 1.165) is 21.4 Å². The molecule has 1 aromatic heterocycles. The lowest BCUT2D eigenvalue weighted by Gasteiger charge is -2.09. The molecule has 0 radical (unpaired) electrons. The van der Waals surface area contributed by atoms with Gasteiger partial charge in [0.2, 0.25) is 0 Å². The van der Waals surface area contributed by atoms with Crippen LogP contribution >= 0.6 is 15.9 Å². The molecule has 0 aliphatic carbocycles. The highest BCUT2D eigenvalue weighted by atomic mass is 79.9. The van der Waals surface area contributed by atoms with Crippen molar-refractivity contribution in [1.29, 1.82) is 0 Å². The van der Waals surface area contributed by atoms with Crippen LogP contribution in [0.1, 0.15) is 11.3 Å². The van der Waals surface area contributed by atoms with Crippen molar-refractivity contribution in [3.63, 3.8) is 0 Å². The topological polar surface area (TPSA) is 24.9 Å².